The summed E-state index contributed by atoms with van der Waals surface area (Å²) in [6.07, 6.45) is 4.70. The molecule has 0 aliphatic carbocycles. The predicted octanol–water partition coefficient (Wildman–Crippen LogP) is -1.66. The quantitative estimate of drug-likeness (QED) is 0.553. The van der Waals surface area contributed by atoms with Crippen molar-refractivity contribution in [3.8, 4) is 5.95 Å². The normalized spacial score (nSPS) is 10.1. The van der Waals surface area contributed by atoms with Crippen molar-refractivity contribution in [2.45, 2.75) is 0 Å². The van der Waals surface area contributed by atoms with Gasteiger partial charge in [-0.3, -0.25) is 0 Å². The third-order valence-electron chi connectivity index (χ3n) is 1.64. The summed E-state index contributed by atoms with van der Waals surface area (Å²) in [6.45, 7) is 0. The van der Waals surface area contributed by atoms with E-state index in [4.69, 9.17) is 10.0 Å². The number of aromatic nitrogens is 4. The lowest BCUT2D eigenvalue weighted by Crippen LogP contribution is -2.33. The van der Waals surface area contributed by atoms with E-state index in [0.717, 1.165) is 0 Å². The van der Waals surface area contributed by atoms with Crippen LogP contribution in [-0.2, 0) is 0 Å². The molecule has 0 unspecified atom stereocenters. The molecular weight excluding hydrogens is 183 g/mol. The van der Waals surface area contributed by atoms with Crippen molar-refractivity contribution >= 4 is 12.7 Å². The lowest BCUT2D eigenvalue weighted by molar-refractivity contribution is 0.424. The van der Waals surface area contributed by atoms with Crippen molar-refractivity contribution in [3.05, 3.63) is 30.7 Å². The van der Waals surface area contributed by atoms with E-state index < -0.39 is 7.12 Å². The molecule has 14 heavy (non-hydrogen) atoms. The summed E-state index contributed by atoms with van der Waals surface area (Å²) in [5, 5.41) is 21.7. The van der Waals surface area contributed by atoms with E-state index in [1.165, 1.54) is 16.9 Å². The minimum Gasteiger partial charge on any atom is -0.422 e. The molecule has 6 nitrogen and oxygen atoms in total. The summed E-state index contributed by atoms with van der Waals surface area (Å²) in [5.41, 5.74) is 0.144. The zero-order valence-electron chi connectivity index (χ0n) is 7.15. The highest BCUT2D eigenvalue weighted by molar-refractivity contribution is 6.57. The van der Waals surface area contributed by atoms with Crippen LogP contribution < -0.4 is 5.59 Å². The van der Waals surface area contributed by atoms with Gasteiger partial charge in [-0.1, -0.05) is 0 Å². The summed E-state index contributed by atoms with van der Waals surface area (Å²) in [4.78, 5) is 7.84. The standard InChI is InChI=1S/C7H7BN4O2/c13-8(14)6-2-4-9-7(11-6)12-5-1-3-10-12/h1-5,13-14H. The molecule has 2 heterocycles. The van der Waals surface area contributed by atoms with Crippen molar-refractivity contribution in [1.82, 2.24) is 19.7 Å². The fourth-order valence-corrected chi connectivity index (χ4v) is 1.00. The second-order valence-electron chi connectivity index (χ2n) is 2.61. The Morgan fingerprint density at radius 1 is 1.29 bits per heavy atom. The molecule has 0 aliphatic rings. The molecule has 2 aromatic rings. The maximum atomic E-state index is 8.88. The Morgan fingerprint density at radius 3 is 2.79 bits per heavy atom. The van der Waals surface area contributed by atoms with Crippen molar-refractivity contribution in [2.24, 2.45) is 0 Å². The van der Waals surface area contributed by atoms with Crippen molar-refractivity contribution in [3.63, 3.8) is 0 Å². The van der Waals surface area contributed by atoms with Crippen LogP contribution in [0.25, 0.3) is 5.95 Å². The highest BCUT2D eigenvalue weighted by atomic mass is 16.4. The van der Waals surface area contributed by atoms with E-state index in [9.17, 15) is 0 Å². The Labute approximate surface area is 80.0 Å². The average Bonchev–Trinajstić information content (AvgIpc) is 2.71. The Bertz CT molecular complexity index is 417. The summed E-state index contributed by atoms with van der Waals surface area (Å²) in [7, 11) is -1.59. The molecule has 0 amide bonds. The first kappa shape index (κ1) is 8.85. The molecule has 0 saturated carbocycles. The molecule has 0 atom stereocenters. The van der Waals surface area contributed by atoms with Gasteiger partial charge < -0.3 is 10.0 Å². The van der Waals surface area contributed by atoms with Crippen LogP contribution in [0.5, 0.6) is 0 Å². The summed E-state index contributed by atoms with van der Waals surface area (Å²) < 4.78 is 1.44. The van der Waals surface area contributed by atoms with Gasteiger partial charge in [0.2, 0.25) is 5.95 Å². The minimum atomic E-state index is -1.59. The topological polar surface area (TPSA) is 84.1 Å². The highest BCUT2D eigenvalue weighted by Gasteiger charge is 2.13. The van der Waals surface area contributed by atoms with Gasteiger partial charge in [0.05, 0.1) is 5.59 Å². The second kappa shape index (κ2) is 3.56. The third-order valence-corrected chi connectivity index (χ3v) is 1.64. The number of hydrogen-bond acceptors (Lipinski definition) is 5. The number of hydrogen-bond donors (Lipinski definition) is 2. The lowest BCUT2D eigenvalue weighted by atomic mass is 9.86. The largest absolute Gasteiger partial charge is 0.508 e. The molecular formula is C7H7BN4O2. The van der Waals surface area contributed by atoms with Gasteiger partial charge in [0.1, 0.15) is 0 Å². The summed E-state index contributed by atoms with van der Waals surface area (Å²) in [5.74, 6) is 0.306. The van der Waals surface area contributed by atoms with E-state index in [2.05, 4.69) is 15.1 Å². The molecule has 70 valence electrons. The van der Waals surface area contributed by atoms with Crippen LogP contribution in [0.2, 0.25) is 0 Å². The average molecular weight is 190 g/mol. The Balaban J connectivity index is 2.41. The molecule has 0 spiro atoms. The van der Waals surface area contributed by atoms with Gasteiger partial charge in [0.25, 0.3) is 0 Å². The molecule has 0 saturated heterocycles. The first-order chi connectivity index (χ1) is 6.77. The van der Waals surface area contributed by atoms with Gasteiger partial charge in [-0.2, -0.15) is 5.10 Å². The van der Waals surface area contributed by atoms with E-state index in [0.29, 0.717) is 5.95 Å². The Hall–Kier alpha value is -1.73. The van der Waals surface area contributed by atoms with Crippen molar-refractivity contribution in [1.29, 1.82) is 0 Å². The van der Waals surface area contributed by atoms with Crippen LogP contribution in [0.4, 0.5) is 0 Å². The van der Waals surface area contributed by atoms with Crippen LogP contribution in [0, 0.1) is 0 Å². The van der Waals surface area contributed by atoms with Crippen LogP contribution in [-0.4, -0.2) is 36.9 Å². The first-order valence-electron chi connectivity index (χ1n) is 3.96. The third kappa shape index (κ3) is 1.63. The molecule has 0 aromatic carbocycles. The van der Waals surface area contributed by atoms with Crippen LogP contribution >= 0.6 is 0 Å². The molecule has 0 fully saturated rings. The smallest absolute Gasteiger partial charge is 0.422 e. The van der Waals surface area contributed by atoms with Gasteiger partial charge in [-0.05, 0) is 12.1 Å². The SMILES string of the molecule is OB(O)c1ccnc(-n2cccn2)n1. The van der Waals surface area contributed by atoms with Gasteiger partial charge in [0, 0.05) is 18.6 Å². The van der Waals surface area contributed by atoms with Gasteiger partial charge in [-0.25, -0.2) is 14.6 Å². The fourth-order valence-electron chi connectivity index (χ4n) is 1.00. The van der Waals surface area contributed by atoms with Crippen LogP contribution in [0.1, 0.15) is 0 Å². The van der Waals surface area contributed by atoms with E-state index in [-0.39, 0.29) is 5.59 Å². The molecule has 2 N–H and O–H groups in total. The zero-order chi connectivity index (χ0) is 9.97. The second-order valence-corrected chi connectivity index (χ2v) is 2.61. The Kier molecular flexibility index (Phi) is 2.25. The molecule has 2 rings (SSSR count). The maximum absolute atomic E-state index is 8.88. The number of rotatable bonds is 2. The Morgan fingerprint density at radius 2 is 2.14 bits per heavy atom. The van der Waals surface area contributed by atoms with Gasteiger partial charge >= 0.3 is 7.12 Å². The first-order valence-corrected chi connectivity index (χ1v) is 3.96. The van der Waals surface area contributed by atoms with E-state index in [1.807, 2.05) is 0 Å². The van der Waals surface area contributed by atoms with Gasteiger partial charge in [-0.15, -0.1) is 0 Å². The minimum absolute atomic E-state index is 0.144. The molecule has 0 aliphatic heterocycles. The molecule has 0 radical (unpaired) electrons. The van der Waals surface area contributed by atoms with E-state index in [1.54, 1.807) is 18.5 Å². The van der Waals surface area contributed by atoms with Gasteiger partial charge in [0.15, 0.2) is 0 Å². The summed E-state index contributed by atoms with van der Waals surface area (Å²) >= 11 is 0. The lowest BCUT2D eigenvalue weighted by Gasteiger charge is -2.01. The molecule has 2 aromatic heterocycles. The monoisotopic (exact) mass is 190 g/mol. The van der Waals surface area contributed by atoms with Crippen LogP contribution in [0.3, 0.4) is 0 Å². The number of nitrogens with zero attached hydrogens (tertiary/aromatic N) is 4. The van der Waals surface area contributed by atoms with Crippen molar-refractivity contribution < 1.29 is 10.0 Å². The summed E-state index contributed by atoms with van der Waals surface area (Å²) in [6, 6.07) is 3.16. The van der Waals surface area contributed by atoms with Crippen LogP contribution in [0.15, 0.2) is 30.7 Å². The predicted molar refractivity (Wildman–Crippen MR) is 49.0 cm³/mol. The maximum Gasteiger partial charge on any atom is 0.508 e. The highest BCUT2D eigenvalue weighted by Crippen LogP contribution is 1.94. The molecule has 7 heteroatoms. The van der Waals surface area contributed by atoms with E-state index >= 15 is 0 Å². The fraction of sp³-hybridized carbons (Fsp3) is 0. The van der Waals surface area contributed by atoms with Crippen molar-refractivity contribution in [2.75, 3.05) is 0 Å². The zero-order valence-corrected chi connectivity index (χ0v) is 7.15. The molecule has 0 bridgehead atoms.